The molecule has 1 aromatic rings. The molecule has 1 saturated heterocycles. The van der Waals surface area contributed by atoms with Crippen molar-refractivity contribution in [3.63, 3.8) is 0 Å². The molecule has 1 amide bonds. The molecule has 0 saturated carbocycles. The van der Waals surface area contributed by atoms with Gasteiger partial charge in [-0.25, -0.2) is 0 Å². The predicted molar refractivity (Wildman–Crippen MR) is 93.0 cm³/mol. The summed E-state index contributed by atoms with van der Waals surface area (Å²) < 4.78 is 11.3. The maximum absolute atomic E-state index is 12.4. The van der Waals surface area contributed by atoms with Crippen LogP contribution >= 0.6 is 0 Å². The first-order chi connectivity index (χ1) is 11.7. The molecule has 1 aliphatic heterocycles. The maximum Gasteiger partial charge on any atom is 0.222 e. The number of ether oxygens (including phenoxy) is 2. The van der Waals surface area contributed by atoms with E-state index < -0.39 is 0 Å². The second-order valence-corrected chi connectivity index (χ2v) is 6.64. The fourth-order valence-corrected chi connectivity index (χ4v) is 4.35. The van der Waals surface area contributed by atoms with E-state index in [2.05, 4.69) is 28.8 Å². The number of benzene rings is 1. The number of fused-ring (bicyclic) bond motifs is 2. The van der Waals surface area contributed by atoms with Crippen LogP contribution < -0.4 is 10.6 Å². The zero-order chi connectivity index (χ0) is 17.0. The van der Waals surface area contributed by atoms with E-state index in [9.17, 15) is 4.79 Å². The number of rotatable bonds is 6. The van der Waals surface area contributed by atoms with E-state index in [1.54, 1.807) is 7.11 Å². The summed E-state index contributed by atoms with van der Waals surface area (Å²) in [7, 11) is 1.76. The topological polar surface area (TPSA) is 59.6 Å². The molecule has 0 unspecified atom stereocenters. The Morgan fingerprint density at radius 3 is 2.79 bits per heavy atom. The summed E-state index contributed by atoms with van der Waals surface area (Å²) in [5, 5.41) is 6.64. The van der Waals surface area contributed by atoms with Crippen LogP contribution in [0.2, 0.25) is 0 Å². The third-order valence-electron chi connectivity index (χ3n) is 5.42. The third-order valence-corrected chi connectivity index (χ3v) is 5.42. The van der Waals surface area contributed by atoms with Crippen LogP contribution in [0.3, 0.4) is 0 Å². The summed E-state index contributed by atoms with van der Waals surface area (Å²) >= 11 is 0. The van der Waals surface area contributed by atoms with Gasteiger partial charge >= 0.3 is 0 Å². The van der Waals surface area contributed by atoms with Gasteiger partial charge in [-0.1, -0.05) is 24.3 Å². The molecule has 3 rings (SSSR count). The number of hydrogen-bond donors (Lipinski definition) is 2. The molecular formula is C19H28N2O3. The molecule has 5 nitrogen and oxygen atoms in total. The van der Waals surface area contributed by atoms with Gasteiger partial charge in [-0.15, -0.1) is 0 Å². The zero-order valence-electron chi connectivity index (χ0n) is 14.6. The number of hydrogen-bond acceptors (Lipinski definition) is 4. The largest absolute Gasteiger partial charge is 0.381 e. The molecule has 24 heavy (non-hydrogen) atoms. The highest BCUT2D eigenvalue weighted by Gasteiger charge is 2.53. The third kappa shape index (κ3) is 3.08. The minimum Gasteiger partial charge on any atom is -0.381 e. The molecule has 5 heteroatoms. The molecule has 1 heterocycles. The number of carbonyl (C=O) groups is 1. The lowest BCUT2D eigenvalue weighted by molar-refractivity contribution is -0.124. The van der Waals surface area contributed by atoms with Crippen molar-refractivity contribution in [2.75, 3.05) is 33.4 Å². The number of carbonyl (C=O) groups excluding carboxylic acids is 1. The lowest BCUT2D eigenvalue weighted by Crippen LogP contribution is -2.49. The van der Waals surface area contributed by atoms with E-state index in [4.69, 9.17) is 9.47 Å². The van der Waals surface area contributed by atoms with E-state index >= 15 is 0 Å². The molecule has 1 spiro atoms. The zero-order valence-corrected chi connectivity index (χ0v) is 14.6. The van der Waals surface area contributed by atoms with Crippen LogP contribution in [0.4, 0.5) is 0 Å². The molecule has 0 aromatic heterocycles. The Kier molecular flexibility index (Phi) is 5.54. The minimum absolute atomic E-state index is 0.00550. The molecule has 1 aromatic carbocycles. The first-order valence-corrected chi connectivity index (χ1v) is 8.93. The van der Waals surface area contributed by atoms with Crippen molar-refractivity contribution >= 4 is 5.91 Å². The average molecular weight is 332 g/mol. The molecule has 1 fully saturated rings. The molecule has 132 valence electrons. The Balaban J connectivity index is 1.84. The van der Waals surface area contributed by atoms with Gasteiger partial charge in [0.1, 0.15) is 0 Å². The van der Waals surface area contributed by atoms with Gasteiger partial charge in [-0.05, 0) is 44.0 Å². The summed E-state index contributed by atoms with van der Waals surface area (Å²) in [5.74, 6) is 0.0243. The molecule has 0 radical (unpaired) electrons. The van der Waals surface area contributed by atoms with E-state index in [0.717, 1.165) is 25.9 Å². The summed E-state index contributed by atoms with van der Waals surface area (Å²) in [4.78, 5) is 12.4. The number of nitrogens with one attached hydrogen (secondary N) is 2. The van der Waals surface area contributed by atoms with Crippen molar-refractivity contribution in [3.05, 3.63) is 35.4 Å². The van der Waals surface area contributed by atoms with Crippen molar-refractivity contribution in [3.8, 4) is 0 Å². The van der Waals surface area contributed by atoms with Gasteiger partial charge < -0.3 is 20.1 Å². The van der Waals surface area contributed by atoms with Crippen molar-refractivity contribution in [2.45, 2.75) is 43.7 Å². The van der Waals surface area contributed by atoms with E-state index in [1.807, 2.05) is 13.0 Å². The predicted octanol–water partition coefficient (Wildman–Crippen LogP) is 1.92. The van der Waals surface area contributed by atoms with Crippen molar-refractivity contribution in [1.82, 2.24) is 10.6 Å². The molecular weight excluding hydrogens is 304 g/mol. The second-order valence-electron chi connectivity index (χ2n) is 6.64. The smallest absolute Gasteiger partial charge is 0.222 e. The maximum atomic E-state index is 12.4. The summed E-state index contributed by atoms with van der Waals surface area (Å²) in [6.07, 6.45) is 2.44. The SMILES string of the molecule is CCOCCC(=O)N[C@@H]1c2ccccc2C2(CCNCC2)[C@H]1OC. The fraction of sp³-hybridized carbons (Fsp3) is 0.632. The van der Waals surface area contributed by atoms with Crippen molar-refractivity contribution in [2.24, 2.45) is 0 Å². The van der Waals surface area contributed by atoms with Gasteiger partial charge in [0.2, 0.25) is 5.91 Å². The summed E-state index contributed by atoms with van der Waals surface area (Å²) in [6.45, 7) is 5.01. The van der Waals surface area contributed by atoms with Crippen molar-refractivity contribution in [1.29, 1.82) is 0 Å². The van der Waals surface area contributed by atoms with Gasteiger partial charge in [0.05, 0.1) is 18.8 Å². The number of methoxy groups -OCH3 is 1. The standard InChI is InChI=1S/C19H28N2O3/c1-3-24-13-8-16(22)21-17-14-6-4-5-7-15(14)19(18(17)23-2)9-11-20-12-10-19/h4-7,17-18,20H,3,8-13H2,1-2H3,(H,21,22)/t17-,18+/m1/s1. The van der Waals surface area contributed by atoms with Gasteiger partial charge in [0.15, 0.2) is 0 Å². The van der Waals surface area contributed by atoms with E-state index in [0.29, 0.717) is 19.6 Å². The summed E-state index contributed by atoms with van der Waals surface area (Å²) in [5.41, 5.74) is 2.54. The first-order valence-electron chi connectivity index (χ1n) is 8.93. The lowest BCUT2D eigenvalue weighted by Gasteiger charge is -2.40. The van der Waals surface area contributed by atoms with Gasteiger partial charge in [0.25, 0.3) is 0 Å². The van der Waals surface area contributed by atoms with Crippen LogP contribution in [0, 0.1) is 0 Å². The minimum atomic E-state index is -0.0848. The Morgan fingerprint density at radius 1 is 1.33 bits per heavy atom. The molecule has 2 N–H and O–H groups in total. The van der Waals surface area contributed by atoms with Crippen LogP contribution in [0.25, 0.3) is 0 Å². The average Bonchev–Trinajstić information content (AvgIpc) is 2.85. The quantitative estimate of drug-likeness (QED) is 0.782. The highest BCUT2D eigenvalue weighted by molar-refractivity contribution is 5.77. The molecule has 1 aliphatic carbocycles. The van der Waals surface area contributed by atoms with E-state index in [-0.39, 0.29) is 23.5 Å². The monoisotopic (exact) mass is 332 g/mol. The normalized spacial score (nSPS) is 24.8. The van der Waals surface area contributed by atoms with Crippen molar-refractivity contribution < 1.29 is 14.3 Å². The van der Waals surface area contributed by atoms with E-state index in [1.165, 1.54) is 11.1 Å². The Morgan fingerprint density at radius 2 is 2.08 bits per heavy atom. The van der Waals surface area contributed by atoms with Crippen LogP contribution in [-0.2, 0) is 19.7 Å². The van der Waals surface area contributed by atoms with Crippen LogP contribution in [0.5, 0.6) is 0 Å². The van der Waals surface area contributed by atoms with Gasteiger partial charge in [-0.2, -0.15) is 0 Å². The Labute approximate surface area is 144 Å². The Bertz CT molecular complexity index is 569. The molecule has 0 bridgehead atoms. The summed E-state index contributed by atoms with van der Waals surface area (Å²) in [6, 6.07) is 8.39. The fourth-order valence-electron chi connectivity index (χ4n) is 4.35. The van der Waals surface area contributed by atoms with Gasteiger partial charge in [0, 0.05) is 25.6 Å². The second kappa shape index (κ2) is 7.64. The lowest BCUT2D eigenvalue weighted by atomic mass is 9.72. The number of piperidine rings is 1. The highest BCUT2D eigenvalue weighted by Crippen LogP contribution is 2.51. The van der Waals surface area contributed by atoms with Gasteiger partial charge in [-0.3, -0.25) is 4.79 Å². The molecule has 2 atom stereocenters. The molecule has 2 aliphatic rings. The van der Waals surface area contributed by atoms with Crippen LogP contribution in [0.15, 0.2) is 24.3 Å². The van der Waals surface area contributed by atoms with Crippen LogP contribution in [-0.4, -0.2) is 45.4 Å². The van der Waals surface area contributed by atoms with Crippen LogP contribution in [0.1, 0.15) is 43.4 Å². The first kappa shape index (κ1) is 17.4. The highest BCUT2D eigenvalue weighted by atomic mass is 16.5. The number of amides is 1. The Hall–Kier alpha value is -1.43.